The van der Waals surface area contributed by atoms with Crippen molar-refractivity contribution in [2.75, 3.05) is 6.61 Å². The molecule has 1 aromatic carbocycles. The van der Waals surface area contributed by atoms with Crippen LogP contribution < -0.4 is 24.0 Å². The zero-order valence-corrected chi connectivity index (χ0v) is 12.0. The molecule has 1 aromatic rings. The van der Waals surface area contributed by atoms with Crippen LogP contribution in [0, 0.1) is 5.41 Å². The Kier molecular flexibility index (Phi) is 7.29. The average molecular weight is 237 g/mol. The minimum Gasteiger partial charge on any atom is -0.853 e. The topological polar surface area (TPSA) is 35.4 Å². The van der Waals surface area contributed by atoms with Crippen LogP contribution in [0.25, 0.3) is 5.57 Å². The van der Waals surface area contributed by atoms with Crippen LogP contribution in [0.5, 0.6) is 0 Å². The molecule has 1 rings (SSSR count). The Hall–Kier alpha value is -0.773. The van der Waals surface area contributed by atoms with E-state index in [4.69, 9.17) is 0 Å². The summed E-state index contributed by atoms with van der Waals surface area (Å²) in [6.45, 7) is 7.84. The third-order valence-corrected chi connectivity index (χ3v) is 2.75. The maximum atomic E-state index is 11.1. The van der Waals surface area contributed by atoms with Gasteiger partial charge in [0.05, 0.1) is 0 Å². The summed E-state index contributed by atoms with van der Waals surface area (Å²) in [7, 11) is 0. The van der Waals surface area contributed by atoms with Crippen molar-refractivity contribution in [1.82, 2.24) is 0 Å². The van der Waals surface area contributed by atoms with Gasteiger partial charge in [-0.25, -0.2) is 4.99 Å². The predicted molar refractivity (Wildman–Crippen MR) is 71.1 cm³/mol. The van der Waals surface area contributed by atoms with Crippen LogP contribution in [0.3, 0.4) is 0 Å². The van der Waals surface area contributed by atoms with Gasteiger partial charge in [-0.1, -0.05) is 51.1 Å². The molecule has 0 unspecified atom stereocenters. The zero-order valence-electron chi connectivity index (χ0n) is 12.0. The molecule has 0 heterocycles. The molecule has 0 bridgehead atoms. The van der Waals surface area contributed by atoms with Crippen LogP contribution >= 0.6 is 0 Å². The van der Waals surface area contributed by atoms with E-state index in [1.165, 1.54) is 0 Å². The molecule has 0 aliphatic rings. The fourth-order valence-corrected chi connectivity index (χ4v) is 1.41. The third kappa shape index (κ3) is 5.25. The van der Waals surface area contributed by atoms with Crippen molar-refractivity contribution in [3.63, 3.8) is 0 Å². The summed E-state index contributed by atoms with van der Waals surface area (Å²) in [6, 6.07) is 9.75. The molecule has 0 amide bonds. The maximum Gasteiger partial charge on any atom is 1.00 e. The minimum atomic E-state index is -0.221. The monoisotopic (exact) mass is 237 g/mol. The average Bonchev–Trinajstić information content (AvgIpc) is 2.29. The van der Waals surface area contributed by atoms with Crippen molar-refractivity contribution in [1.29, 1.82) is 0 Å². The van der Waals surface area contributed by atoms with Crippen molar-refractivity contribution in [2.24, 2.45) is 10.4 Å². The number of rotatable bonds is 3. The Morgan fingerprint density at radius 2 is 1.83 bits per heavy atom. The summed E-state index contributed by atoms with van der Waals surface area (Å²) in [5, 5.41) is 11.1. The second kappa shape index (κ2) is 7.62. The molecular weight excluding hydrogens is 217 g/mol. The molecule has 92 valence electrons. The number of allylic oxidation sites excluding steroid dienone is 1. The van der Waals surface area contributed by atoms with E-state index in [1.54, 1.807) is 0 Å². The van der Waals surface area contributed by atoms with E-state index < -0.39 is 0 Å². The molecule has 2 nitrogen and oxygen atoms in total. The van der Waals surface area contributed by atoms with E-state index in [1.807, 2.05) is 58.0 Å². The van der Waals surface area contributed by atoms with Gasteiger partial charge in [0.25, 0.3) is 0 Å². The predicted octanol–water partition coefficient (Wildman–Crippen LogP) is -0.461. The molecule has 0 fully saturated rings. The number of hydrogen-bond acceptors (Lipinski definition) is 2. The third-order valence-electron chi connectivity index (χ3n) is 2.75. The number of nitrogens with zero attached hydrogens (tertiary/aromatic N) is 1. The molecule has 0 radical (unpaired) electrons. The molecule has 1 atom stereocenters. The van der Waals surface area contributed by atoms with E-state index in [9.17, 15) is 5.11 Å². The summed E-state index contributed by atoms with van der Waals surface area (Å²) in [6.07, 6.45) is 0. The Morgan fingerprint density at radius 3 is 2.28 bits per heavy atom. The van der Waals surface area contributed by atoms with Crippen molar-refractivity contribution in [2.45, 2.75) is 33.7 Å². The van der Waals surface area contributed by atoms with Gasteiger partial charge in [-0.05, 0) is 23.8 Å². The quantitative estimate of drug-likeness (QED) is 0.517. The van der Waals surface area contributed by atoms with Crippen molar-refractivity contribution >= 4 is 11.4 Å². The molecule has 18 heavy (non-hydrogen) atoms. The van der Waals surface area contributed by atoms with Crippen LogP contribution in [0.15, 0.2) is 35.3 Å². The summed E-state index contributed by atoms with van der Waals surface area (Å²) < 4.78 is 0. The molecule has 0 saturated carbocycles. The Morgan fingerprint density at radius 1 is 1.28 bits per heavy atom. The number of benzene rings is 1. The molecular formula is C15H20LiNO. The molecule has 0 aliphatic heterocycles. The van der Waals surface area contributed by atoms with Gasteiger partial charge in [0.15, 0.2) is 0 Å². The Balaban J connectivity index is 0.00000289. The first-order valence-electron chi connectivity index (χ1n) is 5.88. The first-order chi connectivity index (χ1) is 7.95. The second-order valence-electron chi connectivity index (χ2n) is 5.28. The van der Waals surface area contributed by atoms with E-state index in [0.29, 0.717) is 0 Å². The van der Waals surface area contributed by atoms with Gasteiger partial charge in [-0.15, -0.1) is 6.61 Å². The van der Waals surface area contributed by atoms with Gasteiger partial charge < -0.3 is 5.11 Å². The standard InChI is InChI=1S/C15H20NO.Li/c1-12(13-8-6-5-7-9-13)10-16-14(11-17)15(2,3)4;/h5-9,14H,11H2,1-4H3;/q-1;+1/t14-;/m1./s1. The maximum absolute atomic E-state index is 11.1. The SMILES string of the molecule is CC(=C=N[C@H](C[O-])C(C)(C)C)c1ccccc1.[Li+]. The van der Waals surface area contributed by atoms with Gasteiger partial charge in [-0.3, -0.25) is 0 Å². The zero-order chi connectivity index (χ0) is 12.9. The van der Waals surface area contributed by atoms with Crippen LogP contribution in [-0.2, 0) is 0 Å². The van der Waals surface area contributed by atoms with Crippen molar-refractivity contribution in [3.8, 4) is 0 Å². The smallest absolute Gasteiger partial charge is 0.853 e. The summed E-state index contributed by atoms with van der Waals surface area (Å²) in [4.78, 5) is 4.29. The van der Waals surface area contributed by atoms with E-state index >= 15 is 0 Å². The van der Waals surface area contributed by atoms with E-state index in [0.717, 1.165) is 11.1 Å². The summed E-state index contributed by atoms with van der Waals surface area (Å²) >= 11 is 0. The molecule has 0 aromatic heterocycles. The van der Waals surface area contributed by atoms with Crippen LogP contribution in [0.1, 0.15) is 33.3 Å². The van der Waals surface area contributed by atoms with Gasteiger partial charge >= 0.3 is 18.9 Å². The van der Waals surface area contributed by atoms with Crippen LogP contribution in [-0.4, -0.2) is 18.5 Å². The van der Waals surface area contributed by atoms with Gasteiger partial charge in [0.2, 0.25) is 0 Å². The van der Waals surface area contributed by atoms with E-state index in [2.05, 4.69) is 10.9 Å². The van der Waals surface area contributed by atoms with Crippen molar-refractivity contribution in [3.05, 3.63) is 35.9 Å². The Bertz CT molecular complexity index is 414. The molecule has 0 spiro atoms. The minimum absolute atomic E-state index is 0. The summed E-state index contributed by atoms with van der Waals surface area (Å²) in [5.74, 6) is 3.00. The van der Waals surface area contributed by atoms with Gasteiger partial charge in [0.1, 0.15) is 0 Å². The summed E-state index contributed by atoms with van der Waals surface area (Å²) in [5.41, 5.74) is 1.95. The number of hydrogen-bond donors (Lipinski definition) is 0. The fourth-order valence-electron chi connectivity index (χ4n) is 1.41. The normalized spacial score (nSPS) is 12.1. The molecule has 3 heteroatoms. The van der Waals surface area contributed by atoms with Gasteiger partial charge in [-0.2, -0.15) is 0 Å². The largest absolute Gasteiger partial charge is 1.00 e. The van der Waals surface area contributed by atoms with Crippen molar-refractivity contribution < 1.29 is 24.0 Å². The van der Waals surface area contributed by atoms with E-state index in [-0.39, 0.29) is 36.9 Å². The molecule has 0 N–H and O–H groups in total. The first kappa shape index (κ1) is 17.2. The van der Waals surface area contributed by atoms with Crippen LogP contribution in [0.2, 0.25) is 0 Å². The number of aliphatic imine (C=N–C) groups is 1. The van der Waals surface area contributed by atoms with Gasteiger partial charge in [0, 0.05) is 11.6 Å². The molecule has 0 saturated heterocycles. The first-order valence-corrected chi connectivity index (χ1v) is 5.88. The second-order valence-corrected chi connectivity index (χ2v) is 5.28. The Labute approximate surface area is 122 Å². The fraction of sp³-hybridized carbons (Fsp3) is 0.467. The van der Waals surface area contributed by atoms with Crippen LogP contribution in [0.4, 0.5) is 0 Å². The molecule has 0 aliphatic carbocycles.